The number of carbonyl (C=O) groups is 1. The molecule has 3 heteroatoms. The van der Waals surface area contributed by atoms with Crippen molar-refractivity contribution < 1.29 is 9.90 Å². The van der Waals surface area contributed by atoms with Gasteiger partial charge in [-0.05, 0) is 11.0 Å². The summed E-state index contributed by atoms with van der Waals surface area (Å²) in [5, 5.41) is 7.84. The summed E-state index contributed by atoms with van der Waals surface area (Å²) in [5.41, 5.74) is 0. The second-order valence-electron chi connectivity index (χ2n) is 0.887. The van der Waals surface area contributed by atoms with E-state index >= 15 is 0 Å². The standard InChI is InChI=1S/C4H6O2.H4Si/c1-2-3-4(5)6;/h2H,1,3H2,(H,5,6);1H4. The van der Waals surface area contributed by atoms with Gasteiger partial charge in [-0.3, -0.25) is 4.79 Å². The predicted octanol–water partition coefficient (Wildman–Crippen LogP) is -0.804. The minimum absolute atomic E-state index is 0. The van der Waals surface area contributed by atoms with E-state index < -0.39 is 5.97 Å². The Balaban J connectivity index is 0. The molecule has 0 heterocycles. The highest BCUT2D eigenvalue weighted by Crippen LogP contribution is 1.74. The summed E-state index contributed by atoms with van der Waals surface area (Å²) in [6.45, 7) is 3.22. The van der Waals surface area contributed by atoms with Crippen LogP contribution in [0.5, 0.6) is 0 Å². The Morgan fingerprint density at radius 1 is 1.86 bits per heavy atom. The van der Waals surface area contributed by atoms with Crippen LogP contribution in [-0.4, -0.2) is 22.0 Å². The van der Waals surface area contributed by atoms with Gasteiger partial charge in [0.25, 0.3) is 0 Å². The van der Waals surface area contributed by atoms with Gasteiger partial charge in [0.05, 0.1) is 6.42 Å². The molecule has 0 rings (SSSR count). The maximum Gasteiger partial charge on any atom is 0.307 e. The van der Waals surface area contributed by atoms with E-state index in [1.54, 1.807) is 0 Å². The van der Waals surface area contributed by atoms with Gasteiger partial charge in [0.1, 0.15) is 0 Å². The molecule has 0 bridgehead atoms. The van der Waals surface area contributed by atoms with Gasteiger partial charge in [0.15, 0.2) is 0 Å². The third-order valence-electron chi connectivity index (χ3n) is 0.319. The number of hydrogen-bond acceptors (Lipinski definition) is 1. The Labute approximate surface area is 46.9 Å². The molecule has 0 saturated heterocycles. The van der Waals surface area contributed by atoms with E-state index in [4.69, 9.17) is 5.11 Å². The van der Waals surface area contributed by atoms with E-state index in [1.807, 2.05) is 0 Å². The largest absolute Gasteiger partial charge is 0.481 e. The van der Waals surface area contributed by atoms with Gasteiger partial charge < -0.3 is 5.11 Å². The molecule has 0 aliphatic heterocycles. The maximum atomic E-state index is 9.53. The van der Waals surface area contributed by atoms with E-state index in [2.05, 4.69) is 6.58 Å². The van der Waals surface area contributed by atoms with Crippen LogP contribution in [0.3, 0.4) is 0 Å². The van der Waals surface area contributed by atoms with Crippen molar-refractivity contribution in [3.63, 3.8) is 0 Å². The summed E-state index contributed by atoms with van der Waals surface area (Å²) < 4.78 is 0. The highest BCUT2D eigenvalue weighted by atomic mass is 28.1. The van der Waals surface area contributed by atoms with Crippen LogP contribution >= 0.6 is 0 Å². The van der Waals surface area contributed by atoms with Crippen LogP contribution in [0.4, 0.5) is 0 Å². The number of aliphatic carboxylic acids is 1. The third kappa shape index (κ3) is 10.8. The summed E-state index contributed by atoms with van der Waals surface area (Å²) in [4.78, 5) is 9.53. The number of rotatable bonds is 2. The molecule has 0 atom stereocenters. The first-order valence-corrected chi connectivity index (χ1v) is 1.60. The highest BCUT2D eigenvalue weighted by Gasteiger charge is 1.84. The zero-order valence-electron chi connectivity index (χ0n) is 3.35. The van der Waals surface area contributed by atoms with Crippen LogP contribution in [0.15, 0.2) is 12.7 Å². The Kier molecular flexibility index (Phi) is 7.49. The fourth-order valence-corrected chi connectivity index (χ4v) is 0.123. The van der Waals surface area contributed by atoms with Gasteiger partial charge in [0.2, 0.25) is 0 Å². The summed E-state index contributed by atoms with van der Waals surface area (Å²) in [6, 6.07) is 0. The van der Waals surface area contributed by atoms with Gasteiger partial charge in [-0.1, -0.05) is 6.08 Å². The predicted molar refractivity (Wildman–Crippen MR) is 33.8 cm³/mol. The monoisotopic (exact) mass is 118 g/mol. The smallest absolute Gasteiger partial charge is 0.307 e. The molecule has 0 amide bonds. The van der Waals surface area contributed by atoms with Crippen LogP contribution in [-0.2, 0) is 4.79 Å². The molecule has 0 aromatic rings. The van der Waals surface area contributed by atoms with E-state index in [-0.39, 0.29) is 17.4 Å². The van der Waals surface area contributed by atoms with Gasteiger partial charge in [0, 0.05) is 0 Å². The average molecular weight is 118 g/mol. The van der Waals surface area contributed by atoms with Crippen molar-refractivity contribution in [2.45, 2.75) is 6.42 Å². The molecule has 0 saturated carbocycles. The van der Waals surface area contributed by atoms with Gasteiger partial charge in [-0.2, -0.15) is 0 Å². The molecule has 0 radical (unpaired) electrons. The van der Waals surface area contributed by atoms with Gasteiger partial charge in [-0.25, -0.2) is 0 Å². The molecule has 42 valence electrons. The summed E-state index contributed by atoms with van der Waals surface area (Å²) in [5.74, 6) is -0.829. The molecule has 0 aromatic carbocycles. The quantitative estimate of drug-likeness (QED) is 0.380. The second kappa shape index (κ2) is 5.43. The fraction of sp³-hybridized carbons (Fsp3) is 0.250. The molecule has 7 heavy (non-hydrogen) atoms. The van der Waals surface area contributed by atoms with E-state index in [9.17, 15) is 4.79 Å². The second-order valence-corrected chi connectivity index (χ2v) is 0.887. The molecule has 0 aliphatic rings. The Morgan fingerprint density at radius 2 is 2.29 bits per heavy atom. The normalized spacial score (nSPS) is 6.29. The average Bonchev–Trinajstić information content (AvgIpc) is 1.35. The van der Waals surface area contributed by atoms with Crippen LogP contribution in [0.2, 0.25) is 0 Å². The summed E-state index contributed by atoms with van der Waals surface area (Å²) >= 11 is 0. The van der Waals surface area contributed by atoms with Crippen molar-refractivity contribution in [3.8, 4) is 0 Å². The summed E-state index contributed by atoms with van der Waals surface area (Å²) in [6.07, 6.45) is 1.41. The van der Waals surface area contributed by atoms with Gasteiger partial charge in [-0.15, -0.1) is 6.58 Å². The maximum absolute atomic E-state index is 9.53. The molecule has 0 spiro atoms. The first kappa shape index (κ1) is 9.66. The van der Waals surface area contributed by atoms with Crippen LogP contribution in [0.25, 0.3) is 0 Å². The van der Waals surface area contributed by atoms with Crippen LogP contribution in [0.1, 0.15) is 6.42 Å². The van der Waals surface area contributed by atoms with Crippen molar-refractivity contribution in [1.82, 2.24) is 0 Å². The lowest BCUT2D eigenvalue weighted by atomic mass is 10.4. The van der Waals surface area contributed by atoms with E-state index in [0.717, 1.165) is 0 Å². The number of carboxylic acid groups (broad SMARTS) is 1. The SMILES string of the molecule is C=CCC(=O)O.[SiH4]. The molecular weight excluding hydrogens is 108 g/mol. The molecule has 0 aliphatic carbocycles. The van der Waals surface area contributed by atoms with Crippen molar-refractivity contribution in [2.24, 2.45) is 0 Å². The zero-order valence-corrected chi connectivity index (χ0v) is 3.35. The lowest BCUT2D eigenvalue weighted by molar-refractivity contribution is -0.135. The topological polar surface area (TPSA) is 37.3 Å². The first-order valence-electron chi connectivity index (χ1n) is 1.60. The van der Waals surface area contributed by atoms with Crippen LogP contribution < -0.4 is 0 Å². The molecule has 0 aromatic heterocycles. The molecule has 1 N–H and O–H groups in total. The number of hydrogen-bond donors (Lipinski definition) is 1. The van der Waals surface area contributed by atoms with E-state index in [1.165, 1.54) is 6.08 Å². The van der Waals surface area contributed by atoms with Crippen molar-refractivity contribution in [2.75, 3.05) is 0 Å². The van der Waals surface area contributed by atoms with Crippen molar-refractivity contribution in [1.29, 1.82) is 0 Å². The lowest BCUT2D eigenvalue weighted by Gasteiger charge is -1.75. The molecule has 2 nitrogen and oxygen atoms in total. The first-order chi connectivity index (χ1) is 2.77. The lowest BCUT2D eigenvalue weighted by Crippen LogP contribution is -1.88. The minimum Gasteiger partial charge on any atom is -0.481 e. The Bertz CT molecular complexity index is 70.1. The van der Waals surface area contributed by atoms with Gasteiger partial charge >= 0.3 is 5.97 Å². The van der Waals surface area contributed by atoms with Crippen LogP contribution in [0, 0.1) is 0 Å². The Morgan fingerprint density at radius 3 is 2.29 bits per heavy atom. The highest BCUT2D eigenvalue weighted by molar-refractivity contribution is 5.75. The molecule has 0 unspecified atom stereocenters. The molecule has 0 fully saturated rings. The van der Waals surface area contributed by atoms with Crippen molar-refractivity contribution >= 4 is 16.9 Å². The fourth-order valence-electron chi connectivity index (χ4n) is 0.123. The Hall–Kier alpha value is -0.573. The summed E-state index contributed by atoms with van der Waals surface area (Å²) in [7, 11) is 0. The number of carboxylic acids is 1. The van der Waals surface area contributed by atoms with E-state index in [0.29, 0.717) is 0 Å². The molecular formula is C4H10O2Si. The van der Waals surface area contributed by atoms with Crippen molar-refractivity contribution in [3.05, 3.63) is 12.7 Å². The minimum atomic E-state index is -0.829. The zero-order chi connectivity index (χ0) is 4.99. The third-order valence-corrected chi connectivity index (χ3v) is 0.319.